The summed E-state index contributed by atoms with van der Waals surface area (Å²) in [5.41, 5.74) is 17.5. The lowest BCUT2D eigenvalue weighted by Crippen LogP contribution is -2.18. The van der Waals surface area contributed by atoms with Crippen LogP contribution in [-0.4, -0.2) is 43.4 Å². The summed E-state index contributed by atoms with van der Waals surface area (Å²) in [5.74, 6) is 0.712. The van der Waals surface area contributed by atoms with Gasteiger partial charge in [-0.15, -0.1) is 0 Å². The fraction of sp³-hybridized carbons (Fsp3) is 0.161. The number of fused-ring (bicyclic) bond motifs is 1. The average Bonchev–Trinajstić information content (AvgIpc) is 3.62. The summed E-state index contributed by atoms with van der Waals surface area (Å²) in [6.45, 7) is 6.45. The summed E-state index contributed by atoms with van der Waals surface area (Å²) in [6.07, 6.45) is 5.35. The number of nitrogens with two attached hydrogens (primary N) is 2. The molecule has 0 aliphatic carbocycles. The van der Waals surface area contributed by atoms with E-state index >= 15 is 0 Å². The number of hydrogen-bond acceptors (Lipinski definition) is 6. The smallest absolute Gasteiger partial charge is 0.240 e. The molecule has 0 bridgehead atoms. The number of carbonyl (C=O) groups is 1. The predicted molar refractivity (Wildman–Crippen MR) is 156 cm³/mol. The average molecular weight is 518 g/mol. The number of anilines is 1. The van der Waals surface area contributed by atoms with Gasteiger partial charge in [-0.25, -0.2) is 15.0 Å². The highest BCUT2D eigenvalue weighted by Gasteiger charge is 2.19. The van der Waals surface area contributed by atoms with Gasteiger partial charge in [0.2, 0.25) is 5.91 Å². The lowest BCUT2D eigenvalue weighted by molar-refractivity contribution is -0.113. The fourth-order valence-corrected chi connectivity index (χ4v) is 4.71. The minimum Gasteiger partial charge on any atom is -0.383 e. The number of benzene rings is 2. The van der Waals surface area contributed by atoms with Crippen LogP contribution in [0.25, 0.3) is 39.5 Å². The van der Waals surface area contributed by atoms with Crippen LogP contribution in [0, 0.1) is 0 Å². The van der Waals surface area contributed by atoms with Gasteiger partial charge in [-0.1, -0.05) is 49.0 Å². The Bertz CT molecular complexity index is 1590. The van der Waals surface area contributed by atoms with Gasteiger partial charge in [0.05, 0.1) is 11.3 Å². The first-order chi connectivity index (χ1) is 19.0. The van der Waals surface area contributed by atoms with Crippen molar-refractivity contribution in [3.63, 3.8) is 0 Å². The Hall–Kier alpha value is -4.82. The van der Waals surface area contributed by atoms with Gasteiger partial charge >= 0.3 is 0 Å². The molecule has 1 amide bonds. The lowest BCUT2D eigenvalue weighted by Gasteiger charge is -2.15. The Labute approximate surface area is 227 Å². The van der Waals surface area contributed by atoms with E-state index in [1.54, 1.807) is 6.20 Å². The van der Waals surface area contributed by atoms with Gasteiger partial charge < -0.3 is 11.5 Å². The molecule has 4 heterocycles. The van der Waals surface area contributed by atoms with E-state index in [1.165, 1.54) is 31.5 Å². The van der Waals surface area contributed by atoms with Crippen molar-refractivity contribution in [3.05, 3.63) is 103 Å². The molecule has 3 aromatic heterocycles. The molecule has 1 aliphatic heterocycles. The van der Waals surface area contributed by atoms with Gasteiger partial charge in [0, 0.05) is 24.0 Å². The van der Waals surface area contributed by atoms with Crippen molar-refractivity contribution in [2.45, 2.75) is 19.4 Å². The van der Waals surface area contributed by atoms with Crippen LogP contribution in [0.3, 0.4) is 0 Å². The van der Waals surface area contributed by atoms with Crippen LogP contribution in [0.15, 0.2) is 97.7 Å². The van der Waals surface area contributed by atoms with Crippen molar-refractivity contribution in [1.29, 1.82) is 0 Å². The van der Waals surface area contributed by atoms with E-state index in [0.717, 1.165) is 52.1 Å². The molecule has 8 heteroatoms. The standard InChI is InChI=1S/C28H26N6.C3H5NO/c29-26-23(9-6-16-30-26)27-32-25-15-14-24(21-7-2-1-3-8-21)31-28(25)34(27)22-12-10-20(11-13-22)19-33-17-4-5-18-33;1-2-3(4)5/h1-3,6-16H,4-5,17-19H2,(H2,29,30);2H,1H2,(H2,4,5). The van der Waals surface area contributed by atoms with Crippen LogP contribution in [-0.2, 0) is 11.3 Å². The molecule has 0 spiro atoms. The first kappa shape index (κ1) is 25.8. The van der Waals surface area contributed by atoms with Crippen molar-refractivity contribution >= 4 is 22.9 Å². The number of likely N-dealkylation sites (tertiary alicyclic amines) is 1. The molecule has 0 saturated carbocycles. The van der Waals surface area contributed by atoms with E-state index in [0.29, 0.717) is 5.82 Å². The number of nitrogen functional groups attached to an aromatic ring is 1. The fourth-order valence-electron chi connectivity index (χ4n) is 4.71. The Morgan fingerprint density at radius 1 is 0.923 bits per heavy atom. The van der Waals surface area contributed by atoms with E-state index in [-0.39, 0.29) is 0 Å². The summed E-state index contributed by atoms with van der Waals surface area (Å²) >= 11 is 0. The molecule has 6 rings (SSSR count). The Balaban J connectivity index is 0.000000567. The minimum absolute atomic E-state index is 0.452. The molecule has 1 aliphatic rings. The van der Waals surface area contributed by atoms with E-state index in [9.17, 15) is 4.79 Å². The minimum atomic E-state index is -0.481. The Kier molecular flexibility index (Phi) is 7.75. The molecule has 0 unspecified atom stereocenters. The third-order valence-electron chi connectivity index (χ3n) is 6.65. The van der Waals surface area contributed by atoms with Gasteiger partial charge in [-0.2, -0.15) is 0 Å². The first-order valence-corrected chi connectivity index (χ1v) is 12.9. The zero-order valence-corrected chi connectivity index (χ0v) is 21.7. The first-order valence-electron chi connectivity index (χ1n) is 12.9. The number of primary amides is 1. The van der Waals surface area contributed by atoms with E-state index < -0.39 is 5.91 Å². The molecule has 0 radical (unpaired) electrons. The van der Waals surface area contributed by atoms with E-state index in [1.807, 2.05) is 42.5 Å². The summed E-state index contributed by atoms with van der Waals surface area (Å²) in [4.78, 5) is 26.2. The quantitative estimate of drug-likeness (QED) is 0.307. The van der Waals surface area contributed by atoms with E-state index in [2.05, 4.69) is 63.2 Å². The lowest BCUT2D eigenvalue weighted by atomic mass is 10.1. The molecule has 0 atom stereocenters. The van der Waals surface area contributed by atoms with Crippen molar-refractivity contribution in [3.8, 4) is 28.3 Å². The van der Waals surface area contributed by atoms with Crippen molar-refractivity contribution in [2.24, 2.45) is 5.73 Å². The highest BCUT2D eigenvalue weighted by Crippen LogP contribution is 2.31. The Morgan fingerprint density at radius 3 is 2.31 bits per heavy atom. The second-order valence-electron chi connectivity index (χ2n) is 9.37. The molecule has 196 valence electrons. The summed E-state index contributed by atoms with van der Waals surface area (Å²) in [6, 6.07) is 26.8. The van der Waals surface area contributed by atoms with Crippen LogP contribution >= 0.6 is 0 Å². The van der Waals surface area contributed by atoms with Crippen molar-refractivity contribution in [1.82, 2.24) is 24.4 Å². The molecule has 1 fully saturated rings. The van der Waals surface area contributed by atoms with Gasteiger partial charge in [0.15, 0.2) is 11.5 Å². The maximum Gasteiger partial charge on any atom is 0.240 e. The van der Waals surface area contributed by atoms with Crippen molar-refractivity contribution < 1.29 is 4.79 Å². The summed E-state index contributed by atoms with van der Waals surface area (Å²) in [7, 11) is 0. The molecule has 8 nitrogen and oxygen atoms in total. The largest absolute Gasteiger partial charge is 0.383 e. The number of imidazole rings is 1. The number of hydrogen-bond donors (Lipinski definition) is 2. The number of aromatic nitrogens is 4. The van der Waals surface area contributed by atoms with Gasteiger partial charge in [0.25, 0.3) is 0 Å². The zero-order chi connectivity index (χ0) is 27.2. The topological polar surface area (TPSA) is 116 Å². The normalized spacial score (nSPS) is 13.1. The van der Waals surface area contributed by atoms with E-state index in [4.69, 9.17) is 15.7 Å². The summed E-state index contributed by atoms with van der Waals surface area (Å²) in [5, 5.41) is 0. The van der Waals surface area contributed by atoms with Gasteiger partial charge in [-0.05, 0) is 74.0 Å². The maximum absolute atomic E-state index is 9.47. The number of pyridine rings is 2. The van der Waals surface area contributed by atoms with Gasteiger partial charge in [-0.3, -0.25) is 14.3 Å². The molecule has 2 aromatic carbocycles. The van der Waals surface area contributed by atoms with Crippen LogP contribution in [0.2, 0.25) is 0 Å². The van der Waals surface area contributed by atoms with Crippen molar-refractivity contribution in [2.75, 3.05) is 18.8 Å². The number of rotatable bonds is 6. The highest BCUT2D eigenvalue weighted by molar-refractivity contribution is 5.85. The second kappa shape index (κ2) is 11.7. The molecular formula is C31H31N7O. The predicted octanol–water partition coefficient (Wildman–Crippen LogP) is 4.99. The zero-order valence-electron chi connectivity index (χ0n) is 21.7. The molecular weight excluding hydrogens is 486 g/mol. The number of amides is 1. The SMILES string of the molecule is C=CC(N)=O.Nc1ncccc1-c1nc2ccc(-c3ccccc3)nc2n1-c1ccc(CN2CCCC2)cc1. The maximum atomic E-state index is 9.47. The third kappa shape index (κ3) is 5.86. The Morgan fingerprint density at radius 2 is 1.64 bits per heavy atom. The second-order valence-corrected chi connectivity index (χ2v) is 9.37. The number of carbonyl (C=O) groups excluding carboxylic acids is 1. The van der Waals surface area contributed by atoms with Crippen LogP contribution in [0.1, 0.15) is 18.4 Å². The third-order valence-corrected chi connectivity index (χ3v) is 6.65. The monoisotopic (exact) mass is 517 g/mol. The van der Waals surface area contributed by atoms with Crippen LogP contribution in [0.4, 0.5) is 5.82 Å². The molecule has 39 heavy (non-hydrogen) atoms. The number of nitrogens with zero attached hydrogens (tertiary/aromatic N) is 5. The molecule has 4 N–H and O–H groups in total. The highest BCUT2D eigenvalue weighted by atomic mass is 16.1. The van der Waals surface area contributed by atoms with Crippen LogP contribution in [0.5, 0.6) is 0 Å². The summed E-state index contributed by atoms with van der Waals surface area (Å²) < 4.78 is 2.09. The molecule has 1 saturated heterocycles. The molecule has 5 aromatic rings. The van der Waals surface area contributed by atoms with Crippen LogP contribution < -0.4 is 11.5 Å². The van der Waals surface area contributed by atoms with Gasteiger partial charge in [0.1, 0.15) is 11.3 Å².